The molecule has 0 radical (unpaired) electrons. The lowest BCUT2D eigenvalue weighted by Crippen LogP contribution is -2.30. The third-order valence-corrected chi connectivity index (χ3v) is 5.14. The summed E-state index contributed by atoms with van der Waals surface area (Å²) in [5.74, 6) is -0.496. The van der Waals surface area contributed by atoms with Crippen LogP contribution in [0.2, 0.25) is 0 Å². The normalized spacial score (nSPS) is 13.0. The number of nitrogens with zero attached hydrogens (tertiary/aromatic N) is 1. The van der Waals surface area contributed by atoms with E-state index in [1.54, 1.807) is 11.6 Å². The zero-order valence-corrected chi connectivity index (χ0v) is 15.8. The molecule has 0 spiro atoms. The molecule has 0 saturated carbocycles. The van der Waals surface area contributed by atoms with Crippen molar-refractivity contribution in [2.24, 2.45) is 7.05 Å². The molecule has 1 heterocycles. The molecule has 0 aliphatic carbocycles. The van der Waals surface area contributed by atoms with Gasteiger partial charge in [-0.05, 0) is 33.6 Å². The maximum Gasteiger partial charge on any atom is 0.416 e. The van der Waals surface area contributed by atoms with Gasteiger partial charge in [0.2, 0.25) is 0 Å². The van der Waals surface area contributed by atoms with Crippen LogP contribution in [0.25, 0.3) is 10.9 Å². The van der Waals surface area contributed by atoms with Crippen molar-refractivity contribution in [1.82, 2.24) is 9.88 Å². The summed E-state index contributed by atoms with van der Waals surface area (Å²) < 4.78 is 41.5. The summed E-state index contributed by atoms with van der Waals surface area (Å²) in [6.45, 7) is -0.347. The van der Waals surface area contributed by atoms with Gasteiger partial charge in [-0.25, -0.2) is 0 Å². The quantitative estimate of drug-likeness (QED) is 0.630. The number of aliphatic hydroxyl groups is 1. The third-order valence-electron chi connectivity index (χ3n) is 4.34. The number of halogens is 4. The molecule has 3 aromatic rings. The highest BCUT2D eigenvalue weighted by Crippen LogP contribution is 2.34. The van der Waals surface area contributed by atoms with Crippen LogP contribution in [-0.2, 0) is 13.2 Å². The van der Waals surface area contributed by atoms with E-state index in [4.69, 9.17) is 0 Å². The second-order valence-corrected chi connectivity index (χ2v) is 6.84. The predicted octanol–water partition coefficient (Wildman–Crippen LogP) is 4.42. The van der Waals surface area contributed by atoms with Gasteiger partial charge in [-0.15, -0.1) is 0 Å². The summed E-state index contributed by atoms with van der Waals surface area (Å²) in [7, 11) is 1.72. The number of aromatic nitrogens is 1. The fourth-order valence-electron chi connectivity index (χ4n) is 3.03. The van der Waals surface area contributed by atoms with Gasteiger partial charge in [-0.3, -0.25) is 4.79 Å². The molecular formula is C19H16BrF3N2O2. The molecule has 2 N–H and O–H groups in total. The van der Waals surface area contributed by atoms with Crippen molar-refractivity contribution in [3.8, 4) is 0 Å². The van der Waals surface area contributed by atoms with Crippen LogP contribution in [0.15, 0.2) is 53.0 Å². The van der Waals surface area contributed by atoms with Crippen molar-refractivity contribution in [3.63, 3.8) is 0 Å². The third kappa shape index (κ3) is 3.72. The molecule has 3 rings (SSSR count). The molecule has 27 heavy (non-hydrogen) atoms. The fraction of sp³-hybridized carbons (Fsp3) is 0.211. The highest BCUT2D eigenvalue weighted by Gasteiger charge is 2.34. The van der Waals surface area contributed by atoms with E-state index in [0.29, 0.717) is 10.2 Å². The lowest BCUT2D eigenvalue weighted by Gasteiger charge is -2.18. The summed E-state index contributed by atoms with van der Waals surface area (Å²) in [5, 5.41) is 13.6. The minimum atomic E-state index is -4.58. The van der Waals surface area contributed by atoms with Crippen LogP contribution < -0.4 is 5.32 Å². The number of benzene rings is 2. The Labute approximate surface area is 161 Å². The minimum Gasteiger partial charge on any atom is -0.387 e. The number of hydrogen-bond acceptors (Lipinski definition) is 2. The molecule has 0 aliphatic heterocycles. The monoisotopic (exact) mass is 440 g/mol. The first kappa shape index (κ1) is 19.4. The Morgan fingerprint density at radius 3 is 2.48 bits per heavy atom. The summed E-state index contributed by atoms with van der Waals surface area (Å²) in [4.78, 5) is 12.6. The highest BCUT2D eigenvalue weighted by atomic mass is 79.9. The summed E-state index contributed by atoms with van der Waals surface area (Å²) in [6.07, 6.45) is -6.07. The zero-order valence-electron chi connectivity index (χ0n) is 14.2. The molecule has 4 nitrogen and oxygen atoms in total. The summed E-state index contributed by atoms with van der Waals surface area (Å²) >= 11 is 3.40. The number of alkyl halides is 3. The Morgan fingerprint density at radius 1 is 1.19 bits per heavy atom. The minimum absolute atomic E-state index is 0.276. The molecule has 2 aromatic carbocycles. The van der Waals surface area contributed by atoms with Gasteiger partial charge in [0.25, 0.3) is 5.91 Å². The maximum atomic E-state index is 13.1. The van der Waals surface area contributed by atoms with Gasteiger partial charge in [0, 0.05) is 24.5 Å². The molecule has 1 amide bonds. The molecule has 0 saturated heterocycles. The van der Waals surface area contributed by atoms with E-state index in [1.165, 1.54) is 18.2 Å². The first-order valence-corrected chi connectivity index (χ1v) is 8.86. The Kier molecular flexibility index (Phi) is 5.30. The average molecular weight is 441 g/mol. The van der Waals surface area contributed by atoms with Crippen molar-refractivity contribution in [1.29, 1.82) is 0 Å². The van der Waals surface area contributed by atoms with E-state index in [9.17, 15) is 23.1 Å². The molecule has 1 aromatic heterocycles. The number of hydrogen-bond donors (Lipinski definition) is 2. The topological polar surface area (TPSA) is 54.3 Å². The maximum absolute atomic E-state index is 13.1. The van der Waals surface area contributed by atoms with Crippen LogP contribution in [0.1, 0.15) is 27.7 Å². The second-order valence-electron chi connectivity index (χ2n) is 6.05. The second kappa shape index (κ2) is 7.36. The highest BCUT2D eigenvalue weighted by molar-refractivity contribution is 9.10. The van der Waals surface area contributed by atoms with E-state index in [-0.39, 0.29) is 12.1 Å². The van der Waals surface area contributed by atoms with E-state index in [1.807, 2.05) is 24.3 Å². The molecule has 0 aliphatic rings. The molecule has 142 valence electrons. The van der Waals surface area contributed by atoms with Gasteiger partial charge in [-0.1, -0.05) is 36.4 Å². The van der Waals surface area contributed by atoms with Gasteiger partial charge >= 0.3 is 6.18 Å². The largest absolute Gasteiger partial charge is 0.416 e. The van der Waals surface area contributed by atoms with Crippen molar-refractivity contribution in [2.45, 2.75) is 12.3 Å². The number of para-hydroxylation sites is 1. The van der Waals surface area contributed by atoms with Gasteiger partial charge < -0.3 is 15.0 Å². The zero-order chi connectivity index (χ0) is 19.8. The first-order valence-electron chi connectivity index (χ1n) is 8.07. The van der Waals surface area contributed by atoms with E-state index in [2.05, 4.69) is 21.2 Å². The van der Waals surface area contributed by atoms with Gasteiger partial charge in [0.05, 0.1) is 16.1 Å². The van der Waals surface area contributed by atoms with Gasteiger partial charge in [0.15, 0.2) is 0 Å². The number of rotatable bonds is 4. The van der Waals surface area contributed by atoms with Crippen LogP contribution in [0.5, 0.6) is 0 Å². The van der Waals surface area contributed by atoms with Crippen molar-refractivity contribution >= 4 is 32.7 Å². The molecular weight excluding hydrogens is 425 g/mol. The van der Waals surface area contributed by atoms with Crippen LogP contribution in [0.3, 0.4) is 0 Å². The number of carbonyl (C=O) groups is 1. The van der Waals surface area contributed by atoms with E-state index in [0.717, 1.165) is 17.0 Å². The van der Waals surface area contributed by atoms with Crippen LogP contribution in [-0.4, -0.2) is 22.1 Å². The van der Waals surface area contributed by atoms with Crippen LogP contribution in [0.4, 0.5) is 13.2 Å². The van der Waals surface area contributed by atoms with E-state index < -0.39 is 23.8 Å². The Balaban J connectivity index is 1.81. The number of fused-ring (bicyclic) bond motifs is 1. The van der Waals surface area contributed by atoms with Gasteiger partial charge in [0.1, 0.15) is 5.69 Å². The SMILES string of the molecule is Cn1c(C(=O)NCC(O)c2ccccc2C(F)(F)F)c(Br)c2ccccc21. The van der Waals surface area contributed by atoms with Crippen molar-refractivity contribution in [3.05, 3.63) is 69.8 Å². The standard InChI is InChI=1S/C19H16BrF3N2O2/c1-25-14-9-5-3-7-12(14)16(20)17(25)18(27)24-10-15(26)11-6-2-4-8-13(11)19(21,22)23/h2-9,15,26H,10H2,1H3,(H,24,27). The van der Waals surface area contributed by atoms with Crippen molar-refractivity contribution < 1.29 is 23.1 Å². The molecule has 0 fully saturated rings. The van der Waals surface area contributed by atoms with Crippen LogP contribution in [0, 0.1) is 0 Å². The lowest BCUT2D eigenvalue weighted by molar-refractivity contribution is -0.139. The molecule has 0 bridgehead atoms. The number of aryl methyl sites for hydroxylation is 1. The van der Waals surface area contributed by atoms with Crippen molar-refractivity contribution in [2.75, 3.05) is 6.54 Å². The summed E-state index contributed by atoms with van der Waals surface area (Å²) in [5.41, 5.74) is -0.0380. The number of nitrogens with one attached hydrogen (secondary N) is 1. The smallest absolute Gasteiger partial charge is 0.387 e. The number of carbonyl (C=O) groups excluding carboxylic acids is 1. The molecule has 1 unspecified atom stereocenters. The predicted molar refractivity (Wildman–Crippen MR) is 99.4 cm³/mol. The fourth-order valence-corrected chi connectivity index (χ4v) is 3.81. The Hall–Kier alpha value is -2.32. The van der Waals surface area contributed by atoms with E-state index >= 15 is 0 Å². The first-order chi connectivity index (χ1) is 12.7. The molecule has 1 atom stereocenters. The molecule has 8 heteroatoms. The lowest BCUT2D eigenvalue weighted by atomic mass is 10.0. The Bertz CT molecular complexity index is 959. The average Bonchev–Trinajstić information content (AvgIpc) is 2.90. The van der Waals surface area contributed by atoms with Crippen LogP contribution >= 0.6 is 15.9 Å². The number of amides is 1. The number of aliphatic hydroxyl groups excluding tert-OH is 1. The summed E-state index contributed by atoms with van der Waals surface area (Å²) in [6, 6.07) is 12.2. The Morgan fingerprint density at radius 2 is 1.81 bits per heavy atom. The van der Waals surface area contributed by atoms with Gasteiger partial charge in [-0.2, -0.15) is 13.2 Å².